The van der Waals surface area contributed by atoms with Gasteiger partial charge < -0.3 is 14.7 Å². The van der Waals surface area contributed by atoms with Crippen LogP contribution in [0.2, 0.25) is 0 Å². The lowest BCUT2D eigenvalue weighted by Crippen LogP contribution is -2.42. The third-order valence-corrected chi connectivity index (χ3v) is 3.22. The van der Waals surface area contributed by atoms with Crippen LogP contribution in [-0.4, -0.2) is 41.6 Å². The van der Waals surface area contributed by atoms with E-state index in [9.17, 15) is 22.8 Å². The van der Waals surface area contributed by atoms with E-state index in [2.05, 4.69) is 0 Å². The fourth-order valence-electron chi connectivity index (χ4n) is 2.04. The highest BCUT2D eigenvalue weighted by atomic mass is 19.4. The molecule has 5 nitrogen and oxygen atoms in total. The minimum Gasteiger partial charge on any atom is -0.480 e. The maximum atomic E-state index is 12.5. The second-order valence-electron chi connectivity index (χ2n) is 4.92. The van der Waals surface area contributed by atoms with Gasteiger partial charge in [-0.3, -0.25) is 9.59 Å². The largest absolute Gasteiger partial charge is 0.480 e. The van der Waals surface area contributed by atoms with Crippen LogP contribution in [0.1, 0.15) is 24.5 Å². The van der Waals surface area contributed by atoms with Crippen molar-refractivity contribution in [1.29, 1.82) is 0 Å². The van der Waals surface area contributed by atoms with Crippen LogP contribution in [0, 0.1) is 0 Å². The molecule has 1 rings (SSSR count). The third kappa shape index (κ3) is 5.55. The van der Waals surface area contributed by atoms with E-state index in [1.165, 1.54) is 19.2 Å². The Kier molecular flexibility index (Phi) is 6.56. The number of methoxy groups -OCH3 is 1. The van der Waals surface area contributed by atoms with Gasteiger partial charge in [0.25, 0.3) is 5.91 Å². The summed E-state index contributed by atoms with van der Waals surface area (Å²) in [6, 6.07) is 4.23. The van der Waals surface area contributed by atoms with Gasteiger partial charge in [0, 0.05) is 13.7 Å². The fourth-order valence-corrected chi connectivity index (χ4v) is 2.04. The number of carboxylic acid groups (broad SMARTS) is 1. The van der Waals surface area contributed by atoms with E-state index in [1.54, 1.807) is 6.92 Å². The Morgan fingerprint density at radius 3 is 2.22 bits per heavy atom. The highest BCUT2D eigenvalue weighted by Gasteiger charge is 2.30. The normalized spacial score (nSPS) is 12.7. The number of carbonyl (C=O) groups excluding carboxylic acids is 1. The average molecular weight is 333 g/mol. The van der Waals surface area contributed by atoms with Crippen LogP contribution in [0.25, 0.3) is 0 Å². The fraction of sp³-hybridized carbons (Fsp3) is 0.467. The van der Waals surface area contributed by atoms with Crippen molar-refractivity contribution in [3.05, 3.63) is 35.4 Å². The van der Waals surface area contributed by atoms with Crippen molar-refractivity contribution < 1.29 is 32.6 Å². The number of hydrogen-bond donors (Lipinski definition) is 1. The lowest BCUT2D eigenvalue weighted by molar-refractivity contribution is -0.150. The molecule has 0 aliphatic carbocycles. The molecule has 0 saturated heterocycles. The molecule has 1 unspecified atom stereocenters. The molecule has 0 aromatic heterocycles. The van der Waals surface area contributed by atoms with Crippen molar-refractivity contribution in [2.24, 2.45) is 0 Å². The van der Waals surface area contributed by atoms with Gasteiger partial charge in [-0.05, 0) is 24.1 Å². The van der Waals surface area contributed by atoms with Crippen LogP contribution >= 0.6 is 0 Å². The van der Waals surface area contributed by atoms with E-state index < -0.39 is 36.3 Å². The maximum Gasteiger partial charge on any atom is 0.416 e. The van der Waals surface area contributed by atoms with Crippen molar-refractivity contribution in [1.82, 2.24) is 4.90 Å². The maximum absolute atomic E-state index is 12.5. The Labute approximate surface area is 131 Å². The zero-order valence-corrected chi connectivity index (χ0v) is 12.8. The molecule has 0 fully saturated rings. The molecule has 128 valence electrons. The number of hydrogen-bond acceptors (Lipinski definition) is 3. The van der Waals surface area contributed by atoms with Crippen LogP contribution in [0.3, 0.4) is 0 Å². The Morgan fingerprint density at radius 2 is 1.83 bits per heavy atom. The summed E-state index contributed by atoms with van der Waals surface area (Å²) in [5, 5.41) is 8.91. The minimum atomic E-state index is -4.45. The summed E-state index contributed by atoms with van der Waals surface area (Å²) >= 11 is 0. The molecule has 0 heterocycles. The number of alkyl halides is 3. The number of benzene rings is 1. The summed E-state index contributed by atoms with van der Waals surface area (Å²) in [5.74, 6) is -1.73. The third-order valence-electron chi connectivity index (χ3n) is 3.22. The zero-order valence-electron chi connectivity index (χ0n) is 12.8. The predicted octanol–water partition coefficient (Wildman–Crippen LogP) is 2.54. The molecule has 1 aromatic rings. The van der Waals surface area contributed by atoms with Gasteiger partial charge in [-0.15, -0.1) is 0 Å². The van der Waals surface area contributed by atoms with Gasteiger partial charge in [0.05, 0.1) is 5.56 Å². The lowest BCUT2D eigenvalue weighted by atomic mass is 10.1. The van der Waals surface area contributed by atoms with Gasteiger partial charge in [0.2, 0.25) is 0 Å². The highest BCUT2D eigenvalue weighted by Crippen LogP contribution is 2.29. The van der Waals surface area contributed by atoms with E-state index in [0.717, 1.165) is 17.0 Å². The summed E-state index contributed by atoms with van der Waals surface area (Å²) in [4.78, 5) is 24.2. The molecular formula is C15H18F3NO4. The first-order chi connectivity index (χ1) is 10.7. The quantitative estimate of drug-likeness (QED) is 0.833. The van der Waals surface area contributed by atoms with Gasteiger partial charge in [-0.25, -0.2) is 0 Å². The van der Waals surface area contributed by atoms with E-state index in [-0.39, 0.29) is 6.54 Å². The van der Waals surface area contributed by atoms with Crippen molar-refractivity contribution in [3.63, 3.8) is 0 Å². The number of halogens is 3. The smallest absolute Gasteiger partial charge is 0.416 e. The Hall–Kier alpha value is -2.09. The number of nitrogens with zero attached hydrogens (tertiary/aromatic N) is 1. The van der Waals surface area contributed by atoms with Gasteiger partial charge in [0.15, 0.2) is 0 Å². The van der Waals surface area contributed by atoms with Crippen molar-refractivity contribution in [2.75, 3.05) is 13.7 Å². The molecule has 1 atom stereocenters. The lowest BCUT2D eigenvalue weighted by Gasteiger charge is -2.25. The first-order valence-electron chi connectivity index (χ1n) is 6.88. The molecular weight excluding hydrogens is 315 g/mol. The number of ether oxygens (including phenoxy) is 1. The van der Waals surface area contributed by atoms with E-state index >= 15 is 0 Å². The Morgan fingerprint density at radius 1 is 1.26 bits per heavy atom. The number of carboxylic acids is 1. The summed E-state index contributed by atoms with van der Waals surface area (Å²) < 4.78 is 42.6. The van der Waals surface area contributed by atoms with Crippen LogP contribution in [0.5, 0.6) is 0 Å². The Bertz CT molecular complexity index is 539. The molecule has 1 amide bonds. The minimum absolute atomic E-state index is 0.108. The summed E-state index contributed by atoms with van der Waals surface area (Å²) in [6.07, 6.45) is -4.87. The zero-order chi connectivity index (χ0) is 17.6. The summed E-state index contributed by atoms with van der Waals surface area (Å²) in [5.41, 5.74) is -0.403. The predicted molar refractivity (Wildman–Crippen MR) is 75.6 cm³/mol. The van der Waals surface area contributed by atoms with Crippen LogP contribution in [-0.2, 0) is 27.0 Å². The number of carbonyl (C=O) groups is 2. The molecule has 23 heavy (non-hydrogen) atoms. The highest BCUT2D eigenvalue weighted by molar-refractivity contribution is 5.84. The first-order valence-corrected chi connectivity index (χ1v) is 6.88. The van der Waals surface area contributed by atoms with Gasteiger partial charge in [-0.2, -0.15) is 13.2 Å². The van der Waals surface area contributed by atoms with Crippen molar-refractivity contribution in [2.45, 2.75) is 32.2 Å². The van der Waals surface area contributed by atoms with E-state index in [1.807, 2.05) is 0 Å². The van der Waals surface area contributed by atoms with Crippen molar-refractivity contribution in [3.8, 4) is 0 Å². The molecule has 0 saturated carbocycles. The summed E-state index contributed by atoms with van der Waals surface area (Å²) in [6.45, 7) is 1.05. The molecule has 1 N–H and O–H groups in total. The van der Waals surface area contributed by atoms with Gasteiger partial charge in [-0.1, -0.05) is 19.1 Å². The SMILES string of the molecule is CCC(OC)C(=O)N(CC(=O)O)Cc1ccc(C(F)(F)F)cc1. The molecule has 0 radical (unpaired) electrons. The molecule has 0 aliphatic rings. The molecule has 0 spiro atoms. The topological polar surface area (TPSA) is 66.8 Å². The number of rotatable bonds is 7. The summed E-state index contributed by atoms with van der Waals surface area (Å²) in [7, 11) is 1.34. The Balaban J connectivity index is 2.93. The average Bonchev–Trinajstić information content (AvgIpc) is 2.47. The van der Waals surface area contributed by atoms with Crippen LogP contribution < -0.4 is 0 Å². The van der Waals surface area contributed by atoms with E-state index in [0.29, 0.717) is 12.0 Å². The van der Waals surface area contributed by atoms with E-state index in [4.69, 9.17) is 9.84 Å². The van der Waals surface area contributed by atoms with Gasteiger partial charge in [0.1, 0.15) is 12.6 Å². The number of amides is 1. The standard InChI is InChI=1S/C15H18F3NO4/c1-3-12(23-2)14(22)19(9-13(20)21)8-10-4-6-11(7-5-10)15(16,17)18/h4-7,12H,3,8-9H2,1-2H3,(H,20,21). The second kappa shape index (κ2) is 7.96. The number of aliphatic carboxylic acids is 1. The van der Waals surface area contributed by atoms with Crippen LogP contribution in [0.15, 0.2) is 24.3 Å². The molecule has 1 aromatic carbocycles. The van der Waals surface area contributed by atoms with Crippen LogP contribution in [0.4, 0.5) is 13.2 Å². The molecule has 8 heteroatoms. The van der Waals surface area contributed by atoms with Gasteiger partial charge >= 0.3 is 12.1 Å². The molecule has 0 aliphatic heterocycles. The first kappa shape index (κ1) is 19.0. The van der Waals surface area contributed by atoms with Crippen molar-refractivity contribution >= 4 is 11.9 Å². The monoisotopic (exact) mass is 333 g/mol. The molecule has 0 bridgehead atoms. The second-order valence-corrected chi connectivity index (χ2v) is 4.92.